The largest absolute Gasteiger partial charge is 0.472 e. The molecule has 0 saturated heterocycles. The molecule has 4 nitrogen and oxygen atoms in total. The van der Waals surface area contributed by atoms with E-state index in [9.17, 15) is 9.18 Å². The number of rotatable bonds is 3. The number of carbonyl (C=O) groups excluding carboxylic acids is 1. The zero-order valence-corrected chi connectivity index (χ0v) is 15.3. The van der Waals surface area contributed by atoms with Crippen LogP contribution in [-0.4, -0.2) is 25.1 Å². The Bertz CT molecular complexity index is 802. The van der Waals surface area contributed by atoms with Gasteiger partial charge in [0.25, 0.3) is 5.91 Å². The van der Waals surface area contributed by atoms with Crippen LogP contribution in [0.25, 0.3) is 0 Å². The number of nitrogens with zero attached hydrogens (tertiary/aromatic N) is 1. The number of fused-ring (bicyclic) bond motifs is 1. The number of hydroxylamine groups is 2. The Morgan fingerprint density at radius 1 is 1.42 bits per heavy atom. The number of ether oxygens (including phenoxy) is 1. The zero-order chi connectivity index (χ0) is 17.5. The molecule has 2 aromatic rings. The van der Waals surface area contributed by atoms with E-state index in [1.165, 1.54) is 20.2 Å². The Kier molecular flexibility index (Phi) is 4.55. The number of hydrogen-bond donors (Lipinski definition) is 0. The lowest BCUT2D eigenvalue weighted by Gasteiger charge is -2.31. The number of likely N-dealkylation sites (N-methyl/N-ethyl adjacent to an activating group) is 1. The Morgan fingerprint density at radius 2 is 2.08 bits per heavy atom. The molecule has 1 amide bonds. The first-order chi connectivity index (χ1) is 11.4. The number of hydrogen-bond acceptors (Lipinski definition) is 3. The van der Waals surface area contributed by atoms with Crippen molar-refractivity contribution in [2.24, 2.45) is 0 Å². The summed E-state index contributed by atoms with van der Waals surface area (Å²) in [5.74, 6) is -0.722. The molecule has 0 bridgehead atoms. The SMILES string of the molecule is CON(C)C(=O)[C@@]1(c2ccccc2)Cc2c(cc(F)c(Cl)c2Br)O1. The van der Waals surface area contributed by atoms with Crippen molar-refractivity contribution in [1.82, 2.24) is 5.06 Å². The minimum absolute atomic E-state index is 0.0336. The van der Waals surface area contributed by atoms with Gasteiger partial charge in [-0.05, 0) is 15.9 Å². The van der Waals surface area contributed by atoms with Crippen molar-refractivity contribution >= 4 is 33.4 Å². The van der Waals surface area contributed by atoms with Crippen LogP contribution in [0.4, 0.5) is 4.39 Å². The van der Waals surface area contributed by atoms with Gasteiger partial charge in [0, 0.05) is 35.1 Å². The second-order valence-electron chi connectivity index (χ2n) is 5.42. The smallest absolute Gasteiger partial charge is 0.295 e. The van der Waals surface area contributed by atoms with Crippen LogP contribution in [-0.2, 0) is 21.7 Å². The van der Waals surface area contributed by atoms with Crippen molar-refractivity contribution in [3.8, 4) is 5.75 Å². The third-order valence-corrected chi connectivity index (χ3v) is 5.55. The summed E-state index contributed by atoms with van der Waals surface area (Å²) in [6, 6.07) is 10.2. The van der Waals surface area contributed by atoms with Crippen molar-refractivity contribution in [2.75, 3.05) is 14.2 Å². The van der Waals surface area contributed by atoms with E-state index < -0.39 is 17.3 Å². The van der Waals surface area contributed by atoms with E-state index >= 15 is 0 Å². The molecule has 0 aromatic heterocycles. The van der Waals surface area contributed by atoms with E-state index in [0.29, 0.717) is 15.6 Å². The zero-order valence-electron chi connectivity index (χ0n) is 13.0. The van der Waals surface area contributed by atoms with Crippen LogP contribution in [0.2, 0.25) is 5.02 Å². The molecule has 0 N–H and O–H groups in total. The summed E-state index contributed by atoms with van der Waals surface area (Å²) in [4.78, 5) is 18.0. The quantitative estimate of drug-likeness (QED) is 0.561. The third-order valence-electron chi connectivity index (χ3n) is 4.08. The summed E-state index contributed by atoms with van der Waals surface area (Å²) in [6.45, 7) is 0. The molecule has 1 aliphatic rings. The number of benzene rings is 2. The molecule has 1 aliphatic heterocycles. The molecule has 0 unspecified atom stereocenters. The minimum atomic E-state index is -1.34. The molecule has 3 rings (SSSR count). The summed E-state index contributed by atoms with van der Waals surface area (Å²) >= 11 is 9.27. The minimum Gasteiger partial charge on any atom is -0.472 e. The molecule has 1 heterocycles. The van der Waals surface area contributed by atoms with E-state index in [0.717, 1.165) is 5.06 Å². The maximum absolute atomic E-state index is 14.0. The van der Waals surface area contributed by atoms with E-state index in [4.69, 9.17) is 21.2 Å². The topological polar surface area (TPSA) is 38.8 Å². The maximum atomic E-state index is 14.0. The van der Waals surface area contributed by atoms with Crippen LogP contribution in [0.1, 0.15) is 11.1 Å². The highest BCUT2D eigenvalue weighted by atomic mass is 79.9. The molecular formula is C17H14BrClFNO3. The van der Waals surface area contributed by atoms with Gasteiger partial charge in [-0.25, -0.2) is 9.45 Å². The van der Waals surface area contributed by atoms with Gasteiger partial charge < -0.3 is 4.74 Å². The van der Waals surface area contributed by atoms with Crippen LogP contribution >= 0.6 is 27.5 Å². The van der Waals surface area contributed by atoms with Gasteiger partial charge in [0.15, 0.2) is 0 Å². The molecule has 0 fully saturated rings. The van der Waals surface area contributed by atoms with Gasteiger partial charge in [-0.1, -0.05) is 41.9 Å². The number of carbonyl (C=O) groups is 1. The summed E-state index contributed by atoms with van der Waals surface area (Å²) in [6.07, 6.45) is 0.208. The Labute approximate surface area is 152 Å². The molecule has 2 aromatic carbocycles. The fourth-order valence-corrected chi connectivity index (χ4v) is 3.48. The predicted molar refractivity (Wildman–Crippen MR) is 91.3 cm³/mol. The van der Waals surface area contributed by atoms with E-state index in [1.54, 1.807) is 12.1 Å². The Morgan fingerprint density at radius 3 is 2.71 bits per heavy atom. The van der Waals surface area contributed by atoms with Crippen molar-refractivity contribution in [1.29, 1.82) is 0 Å². The molecule has 0 aliphatic carbocycles. The van der Waals surface area contributed by atoms with Gasteiger partial charge in [0.05, 0.1) is 12.1 Å². The van der Waals surface area contributed by atoms with Crippen LogP contribution in [0.3, 0.4) is 0 Å². The van der Waals surface area contributed by atoms with Crippen molar-refractivity contribution in [3.05, 3.63) is 62.8 Å². The lowest BCUT2D eigenvalue weighted by atomic mass is 9.88. The molecule has 1 atom stereocenters. The van der Waals surface area contributed by atoms with Gasteiger partial charge in [-0.3, -0.25) is 9.63 Å². The number of halogens is 3. The summed E-state index contributed by atoms with van der Waals surface area (Å²) in [7, 11) is 2.90. The van der Waals surface area contributed by atoms with Crippen LogP contribution < -0.4 is 4.74 Å². The van der Waals surface area contributed by atoms with E-state index in [2.05, 4.69) is 15.9 Å². The van der Waals surface area contributed by atoms with Gasteiger partial charge in [0.1, 0.15) is 11.6 Å². The molecule has 0 radical (unpaired) electrons. The fourth-order valence-electron chi connectivity index (χ4n) is 2.79. The van der Waals surface area contributed by atoms with Crippen LogP contribution in [0.5, 0.6) is 5.75 Å². The first-order valence-electron chi connectivity index (χ1n) is 7.14. The van der Waals surface area contributed by atoms with Crippen LogP contribution in [0.15, 0.2) is 40.9 Å². The van der Waals surface area contributed by atoms with Gasteiger partial charge >= 0.3 is 0 Å². The average Bonchev–Trinajstić information content (AvgIpc) is 3.00. The van der Waals surface area contributed by atoms with Crippen LogP contribution in [0, 0.1) is 5.82 Å². The normalized spacial score (nSPS) is 18.9. The first kappa shape index (κ1) is 17.2. The van der Waals surface area contributed by atoms with Crippen molar-refractivity contribution in [2.45, 2.75) is 12.0 Å². The summed E-state index contributed by atoms with van der Waals surface area (Å²) in [5, 5.41) is 1.07. The van der Waals surface area contributed by atoms with E-state index in [-0.39, 0.29) is 17.2 Å². The number of amides is 1. The Balaban J connectivity index is 2.16. The van der Waals surface area contributed by atoms with Gasteiger partial charge in [0.2, 0.25) is 5.60 Å². The highest BCUT2D eigenvalue weighted by Gasteiger charge is 2.50. The molecular weight excluding hydrogens is 401 g/mol. The molecule has 7 heteroatoms. The molecule has 0 spiro atoms. The third kappa shape index (κ3) is 2.59. The summed E-state index contributed by atoms with van der Waals surface area (Å²) < 4.78 is 20.3. The van der Waals surface area contributed by atoms with Crippen molar-refractivity contribution in [3.63, 3.8) is 0 Å². The molecule has 126 valence electrons. The second kappa shape index (κ2) is 6.35. The monoisotopic (exact) mass is 413 g/mol. The lowest BCUT2D eigenvalue weighted by molar-refractivity contribution is -0.185. The van der Waals surface area contributed by atoms with Gasteiger partial charge in [-0.15, -0.1) is 0 Å². The van der Waals surface area contributed by atoms with Gasteiger partial charge in [-0.2, -0.15) is 0 Å². The highest BCUT2D eigenvalue weighted by molar-refractivity contribution is 9.10. The molecule has 0 saturated carbocycles. The predicted octanol–water partition coefficient (Wildman–Crippen LogP) is 4.09. The fraction of sp³-hybridized carbons (Fsp3) is 0.235. The molecule has 24 heavy (non-hydrogen) atoms. The lowest BCUT2D eigenvalue weighted by Crippen LogP contribution is -2.48. The second-order valence-corrected chi connectivity index (χ2v) is 6.59. The standard InChI is InChI=1S/C17H14BrClFNO3/c1-21(23-2)16(22)17(10-6-4-3-5-7-10)9-11-13(24-17)8-12(20)15(19)14(11)18/h3-8H,9H2,1-2H3/t17-/m0/s1. The Hall–Kier alpha value is -1.63. The summed E-state index contributed by atoms with van der Waals surface area (Å²) in [5.41, 5.74) is -0.0461. The maximum Gasteiger partial charge on any atom is 0.295 e. The average molecular weight is 415 g/mol. The van der Waals surface area contributed by atoms with E-state index in [1.807, 2.05) is 18.2 Å². The highest BCUT2D eigenvalue weighted by Crippen LogP contribution is 2.48. The first-order valence-corrected chi connectivity index (χ1v) is 8.31. The van der Waals surface area contributed by atoms with Crippen molar-refractivity contribution < 1.29 is 18.8 Å².